The van der Waals surface area contributed by atoms with E-state index in [9.17, 15) is 9.59 Å². The SMILES string of the molecule is C=C(C)C(=O)Oc1c(OCCCC)cc(C(C)(C)c2cc(OCCCC)c(OC(=O)C(=C)C)c(OCCCC)c2OCCCC)c(OCCCC)c1OCCCC. The Hall–Kier alpha value is -4.34. The molecule has 2 rings (SSSR count). The first-order valence-corrected chi connectivity index (χ1v) is 21.3. The molecule has 2 aromatic carbocycles. The predicted octanol–water partition coefficient (Wildman–Crippen LogP) is 12.0. The van der Waals surface area contributed by atoms with Crippen molar-refractivity contribution in [1.29, 1.82) is 0 Å². The van der Waals surface area contributed by atoms with Crippen molar-refractivity contribution < 1.29 is 47.5 Å². The van der Waals surface area contributed by atoms with Gasteiger partial charge in [0, 0.05) is 27.7 Å². The average Bonchev–Trinajstić information content (AvgIpc) is 3.17. The number of rotatable bonds is 30. The monoisotopic (exact) mass is 797 g/mol. The highest BCUT2D eigenvalue weighted by atomic mass is 16.6. The molecular formula is C47H72O10. The minimum atomic E-state index is -0.936. The zero-order valence-electron chi connectivity index (χ0n) is 36.9. The highest BCUT2D eigenvalue weighted by molar-refractivity contribution is 5.91. The number of hydrogen-bond acceptors (Lipinski definition) is 10. The largest absolute Gasteiger partial charge is 0.490 e. The molecule has 0 atom stereocenters. The molecule has 0 fully saturated rings. The predicted molar refractivity (Wildman–Crippen MR) is 228 cm³/mol. The van der Waals surface area contributed by atoms with Crippen molar-refractivity contribution >= 4 is 11.9 Å². The molecule has 0 radical (unpaired) electrons. The lowest BCUT2D eigenvalue weighted by Gasteiger charge is -2.33. The third kappa shape index (κ3) is 14.5. The van der Waals surface area contributed by atoms with Gasteiger partial charge in [0.25, 0.3) is 0 Å². The van der Waals surface area contributed by atoms with Gasteiger partial charge in [-0.25, -0.2) is 9.59 Å². The molecule has 320 valence electrons. The third-order valence-corrected chi connectivity index (χ3v) is 9.23. The fraction of sp³-hybridized carbons (Fsp3) is 0.617. The summed E-state index contributed by atoms with van der Waals surface area (Å²) in [5, 5.41) is 0. The minimum Gasteiger partial charge on any atom is -0.490 e. The van der Waals surface area contributed by atoms with Gasteiger partial charge in [-0.05, 0) is 64.5 Å². The minimum absolute atomic E-state index is 0.148. The first-order valence-electron chi connectivity index (χ1n) is 21.3. The van der Waals surface area contributed by atoms with Crippen LogP contribution in [0.15, 0.2) is 36.4 Å². The summed E-state index contributed by atoms with van der Waals surface area (Å²) in [7, 11) is 0. The summed E-state index contributed by atoms with van der Waals surface area (Å²) in [4.78, 5) is 26.4. The summed E-state index contributed by atoms with van der Waals surface area (Å²) < 4.78 is 51.5. The highest BCUT2D eigenvalue weighted by Gasteiger charge is 2.39. The van der Waals surface area contributed by atoms with E-state index in [2.05, 4.69) is 68.5 Å². The van der Waals surface area contributed by atoms with Gasteiger partial charge in [-0.1, -0.05) is 107 Å². The Morgan fingerprint density at radius 1 is 0.456 bits per heavy atom. The Morgan fingerprint density at radius 2 is 0.719 bits per heavy atom. The molecular weight excluding hydrogens is 725 g/mol. The molecule has 0 amide bonds. The zero-order valence-corrected chi connectivity index (χ0v) is 36.9. The van der Waals surface area contributed by atoms with Crippen molar-refractivity contribution in [1.82, 2.24) is 0 Å². The van der Waals surface area contributed by atoms with Crippen LogP contribution in [0, 0.1) is 0 Å². The van der Waals surface area contributed by atoms with Crippen LogP contribution in [-0.2, 0) is 15.0 Å². The van der Waals surface area contributed by atoms with Crippen molar-refractivity contribution in [3.63, 3.8) is 0 Å². The summed E-state index contributed by atoms with van der Waals surface area (Å²) in [5.41, 5.74) is 0.947. The lowest BCUT2D eigenvalue weighted by Crippen LogP contribution is -2.24. The summed E-state index contributed by atoms with van der Waals surface area (Å²) in [6.45, 7) is 29.8. The number of carbonyl (C=O) groups excluding carboxylic acids is 2. The van der Waals surface area contributed by atoms with Gasteiger partial charge in [0.1, 0.15) is 0 Å². The van der Waals surface area contributed by atoms with Gasteiger partial charge in [-0.3, -0.25) is 0 Å². The molecule has 0 saturated carbocycles. The van der Waals surface area contributed by atoms with Gasteiger partial charge in [0.15, 0.2) is 23.0 Å². The molecule has 57 heavy (non-hydrogen) atoms. The molecule has 0 heterocycles. The van der Waals surface area contributed by atoms with Gasteiger partial charge in [0.2, 0.25) is 23.0 Å². The van der Waals surface area contributed by atoms with Gasteiger partial charge in [-0.2, -0.15) is 0 Å². The maximum atomic E-state index is 13.2. The van der Waals surface area contributed by atoms with E-state index in [-0.39, 0.29) is 34.1 Å². The average molecular weight is 797 g/mol. The molecule has 0 bridgehead atoms. The first-order chi connectivity index (χ1) is 27.3. The molecule has 0 aromatic heterocycles. The second-order valence-electron chi connectivity index (χ2n) is 15.0. The molecule has 0 aliphatic heterocycles. The summed E-state index contributed by atoms with van der Waals surface area (Å²) >= 11 is 0. The van der Waals surface area contributed by atoms with Crippen LogP contribution >= 0.6 is 0 Å². The van der Waals surface area contributed by atoms with Gasteiger partial charge in [0.05, 0.1) is 39.6 Å². The molecule has 0 aliphatic rings. The number of ether oxygens (including phenoxy) is 8. The smallest absolute Gasteiger partial charge is 0.338 e. The normalized spacial score (nSPS) is 11.1. The van der Waals surface area contributed by atoms with Crippen LogP contribution in [0.4, 0.5) is 0 Å². The number of esters is 2. The zero-order chi connectivity index (χ0) is 42.4. The van der Waals surface area contributed by atoms with E-state index >= 15 is 0 Å². The van der Waals surface area contributed by atoms with Crippen LogP contribution in [0.2, 0.25) is 0 Å². The lowest BCUT2D eigenvalue weighted by atomic mass is 9.76. The van der Waals surface area contributed by atoms with Crippen molar-refractivity contribution in [2.24, 2.45) is 0 Å². The maximum absolute atomic E-state index is 13.2. The Morgan fingerprint density at radius 3 is 0.982 bits per heavy atom. The molecule has 0 saturated heterocycles. The maximum Gasteiger partial charge on any atom is 0.338 e. The second kappa shape index (κ2) is 25.8. The van der Waals surface area contributed by atoms with E-state index in [0.717, 1.165) is 77.0 Å². The van der Waals surface area contributed by atoms with Crippen LogP contribution in [0.3, 0.4) is 0 Å². The fourth-order valence-electron chi connectivity index (χ4n) is 5.52. The van der Waals surface area contributed by atoms with Crippen molar-refractivity contribution in [2.45, 2.75) is 152 Å². The van der Waals surface area contributed by atoms with E-state index in [1.54, 1.807) is 13.8 Å². The number of hydrogen-bond donors (Lipinski definition) is 0. The molecule has 0 unspecified atom stereocenters. The van der Waals surface area contributed by atoms with Crippen LogP contribution in [-0.4, -0.2) is 51.6 Å². The summed E-state index contributed by atoms with van der Waals surface area (Å²) in [6.07, 6.45) is 10.0. The van der Waals surface area contributed by atoms with Crippen LogP contribution in [0.25, 0.3) is 0 Å². The van der Waals surface area contributed by atoms with Crippen molar-refractivity contribution in [2.75, 3.05) is 39.6 Å². The third-order valence-electron chi connectivity index (χ3n) is 9.23. The first kappa shape index (κ1) is 48.8. The number of unbranched alkanes of at least 4 members (excludes halogenated alkanes) is 6. The molecule has 0 spiro atoms. The number of carbonyl (C=O) groups is 2. The Labute approximate surface area is 343 Å². The van der Waals surface area contributed by atoms with E-state index in [1.807, 2.05) is 12.1 Å². The lowest BCUT2D eigenvalue weighted by molar-refractivity contribution is -0.131. The van der Waals surface area contributed by atoms with Crippen LogP contribution < -0.4 is 37.9 Å². The standard InChI is InChI=1S/C47H72O10/c1-13-19-25-50-37-31-35(39(52-27-21-15-3)43(54-29-23-17-5)41(37)56-45(48)33(7)8)47(11,12)36-32-38(51-26-20-14-2)42(57-46(49)34(9)10)44(55-30-24-18-6)40(36)53-28-22-16-4/h31-32H,7,9,13-30H2,1-6,8,10-12H3. The quantitative estimate of drug-likeness (QED) is 0.0328. The fourth-order valence-corrected chi connectivity index (χ4v) is 5.52. The van der Waals surface area contributed by atoms with E-state index in [1.165, 1.54) is 0 Å². The van der Waals surface area contributed by atoms with E-state index in [4.69, 9.17) is 37.9 Å². The summed E-state index contributed by atoms with van der Waals surface area (Å²) in [6, 6.07) is 3.76. The van der Waals surface area contributed by atoms with E-state index in [0.29, 0.717) is 73.8 Å². The van der Waals surface area contributed by atoms with Crippen molar-refractivity contribution in [3.05, 3.63) is 47.6 Å². The number of benzene rings is 2. The van der Waals surface area contributed by atoms with Crippen LogP contribution in [0.1, 0.15) is 157 Å². The molecule has 10 heteroatoms. The Bertz CT molecular complexity index is 1480. The van der Waals surface area contributed by atoms with E-state index < -0.39 is 17.4 Å². The molecule has 2 aromatic rings. The highest BCUT2D eigenvalue weighted by Crippen LogP contribution is 2.57. The Balaban J connectivity index is 3.25. The van der Waals surface area contributed by atoms with Gasteiger partial charge in [-0.15, -0.1) is 0 Å². The van der Waals surface area contributed by atoms with Crippen molar-refractivity contribution in [3.8, 4) is 46.0 Å². The van der Waals surface area contributed by atoms with Gasteiger partial charge < -0.3 is 37.9 Å². The molecule has 10 nitrogen and oxygen atoms in total. The Kier molecular flexibility index (Phi) is 22.1. The van der Waals surface area contributed by atoms with Gasteiger partial charge >= 0.3 is 11.9 Å². The molecule has 0 N–H and O–H groups in total. The second-order valence-corrected chi connectivity index (χ2v) is 15.0. The molecule has 0 aliphatic carbocycles. The topological polar surface area (TPSA) is 108 Å². The van der Waals surface area contributed by atoms with Crippen LogP contribution in [0.5, 0.6) is 46.0 Å². The summed E-state index contributed by atoms with van der Waals surface area (Å²) in [5.74, 6) is 1.20.